The number of alkyl carbamates (subject to hydrolysis) is 1. The highest BCUT2D eigenvalue weighted by molar-refractivity contribution is 5.79. The zero-order chi connectivity index (χ0) is 24.1. The molecule has 3 atom stereocenters. The van der Waals surface area contributed by atoms with Crippen molar-refractivity contribution in [3.8, 4) is 11.1 Å². The first-order valence-corrected chi connectivity index (χ1v) is 12.0. The fourth-order valence-electron chi connectivity index (χ4n) is 5.32. The number of fused-ring (bicyclic) bond motifs is 3. The molecule has 180 valence electrons. The number of benzene rings is 2. The molecule has 0 bridgehead atoms. The second-order valence-electron chi connectivity index (χ2n) is 9.39. The van der Waals surface area contributed by atoms with Gasteiger partial charge in [-0.05, 0) is 47.9 Å². The van der Waals surface area contributed by atoms with E-state index in [9.17, 15) is 14.4 Å². The molecular weight excluding hydrogens is 432 g/mol. The maximum atomic E-state index is 12.7. The van der Waals surface area contributed by atoms with Crippen LogP contribution in [0.15, 0.2) is 48.5 Å². The number of carbonyl (C=O) groups is 3. The number of hydrogen-bond acceptors (Lipinski definition) is 4. The van der Waals surface area contributed by atoms with Gasteiger partial charge in [-0.1, -0.05) is 61.4 Å². The Bertz CT molecular complexity index is 1010. The van der Waals surface area contributed by atoms with Crippen molar-refractivity contribution < 1.29 is 24.2 Å². The molecule has 2 aliphatic carbocycles. The van der Waals surface area contributed by atoms with Gasteiger partial charge >= 0.3 is 12.1 Å². The third kappa shape index (κ3) is 5.58. The second kappa shape index (κ2) is 10.7. The monoisotopic (exact) mass is 464 g/mol. The Kier molecular flexibility index (Phi) is 7.50. The average Bonchev–Trinajstić information content (AvgIpc) is 3.12. The van der Waals surface area contributed by atoms with Crippen LogP contribution in [0.1, 0.15) is 62.5 Å². The number of hydrogen-bond donors (Lipinski definition) is 3. The van der Waals surface area contributed by atoms with Crippen LogP contribution in [0.4, 0.5) is 4.79 Å². The van der Waals surface area contributed by atoms with Crippen LogP contribution in [0, 0.1) is 5.92 Å². The van der Waals surface area contributed by atoms with Gasteiger partial charge in [0.25, 0.3) is 0 Å². The molecule has 7 nitrogen and oxygen atoms in total. The summed E-state index contributed by atoms with van der Waals surface area (Å²) in [5.74, 6) is -1.12. The van der Waals surface area contributed by atoms with Crippen LogP contribution in [0.2, 0.25) is 0 Å². The summed E-state index contributed by atoms with van der Waals surface area (Å²) in [4.78, 5) is 36.0. The second-order valence-corrected chi connectivity index (χ2v) is 9.39. The van der Waals surface area contributed by atoms with Gasteiger partial charge in [-0.3, -0.25) is 9.59 Å². The minimum absolute atomic E-state index is 0.00167. The Labute approximate surface area is 199 Å². The van der Waals surface area contributed by atoms with Gasteiger partial charge < -0.3 is 20.5 Å². The molecule has 0 heterocycles. The molecular formula is C27H32N2O5. The normalized spacial score (nSPS) is 20.0. The molecule has 0 aliphatic heterocycles. The SMILES string of the molecule is C[C@H](CC(=O)O)NC(=O)C[C@H]1CCCC[C@H]1NC(=O)OCC1c2ccccc2-c2ccccc21. The van der Waals surface area contributed by atoms with Crippen molar-refractivity contribution in [2.24, 2.45) is 5.92 Å². The highest BCUT2D eigenvalue weighted by Crippen LogP contribution is 2.44. The van der Waals surface area contributed by atoms with Crippen molar-refractivity contribution in [1.82, 2.24) is 10.6 Å². The molecule has 0 spiro atoms. The minimum Gasteiger partial charge on any atom is -0.481 e. The molecule has 1 saturated carbocycles. The predicted molar refractivity (Wildman–Crippen MR) is 128 cm³/mol. The zero-order valence-electron chi connectivity index (χ0n) is 19.5. The van der Waals surface area contributed by atoms with Gasteiger partial charge in [0.2, 0.25) is 5.91 Å². The first-order valence-electron chi connectivity index (χ1n) is 12.0. The Morgan fingerprint density at radius 3 is 2.26 bits per heavy atom. The third-order valence-electron chi connectivity index (χ3n) is 6.89. The van der Waals surface area contributed by atoms with Crippen molar-refractivity contribution >= 4 is 18.0 Å². The standard InChI is InChI=1S/C27H32N2O5/c1-17(14-26(31)32)28-25(30)15-18-8-2-7-13-24(18)29-27(33)34-16-23-21-11-5-3-9-19(21)20-10-4-6-12-22(20)23/h3-6,9-12,17-18,23-24H,2,7-8,13-16H2,1H3,(H,28,30)(H,29,33)(H,31,32)/t17-,18-,24-/m1/s1. The van der Waals surface area contributed by atoms with E-state index in [-0.39, 0.29) is 43.2 Å². The van der Waals surface area contributed by atoms with Crippen molar-refractivity contribution in [1.29, 1.82) is 0 Å². The van der Waals surface area contributed by atoms with Crippen molar-refractivity contribution in [3.63, 3.8) is 0 Å². The predicted octanol–water partition coefficient (Wildman–Crippen LogP) is 4.45. The topological polar surface area (TPSA) is 105 Å². The lowest BCUT2D eigenvalue weighted by atomic mass is 9.82. The molecule has 34 heavy (non-hydrogen) atoms. The van der Waals surface area contributed by atoms with Gasteiger partial charge in [-0.25, -0.2) is 4.79 Å². The van der Waals surface area contributed by atoms with E-state index in [1.807, 2.05) is 24.3 Å². The quantitative estimate of drug-likeness (QED) is 0.535. The fourth-order valence-corrected chi connectivity index (χ4v) is 5.32. The summed E-state index contributed by atoms with van der Waals surface area (Å²) < 4.78 is 5.69. The molecule has 0 aromatic heterocycles. The fraction of sp³-hybridized carbons (Fsp3) is 0.444. The van der Waals surface area contributed by atoms with E-state index in [0.29, 0.717) is 0 Å². The van der Waals surface area contributed by atoms with E-state index >= 15 is 0 Å². The molecule has 0 radical (unpaired) electrons. The number of carbonyl (C=O) groups excluding carboxylic acids is 2. The van der Waals surface area contributed by atoms with Crippen molar-refractivity contribution in [3.05, 3.63) is 59.7 Å². The lowest BCUT2D eigenvalue weighted by Crippen LogP contribution is -2.45. The largest absolute Gasteiger partial charge is 0.481 e. The number of carboxylic acids is 1. The number of rotatable bonds is 8. The van der Waals surface area contributed by atoms with Crippen LogP contribution < -0.4 is 10.6 Å². The van der Waals surface area contributed by atoms with Gasteiger partial charge in [0.1, 0.15) is 6.61 Å². The zero-order valence-corrected chi connectivity index (χ0v) is 19.5. The molecule has 4 rings (SSSR count). The number of nitrogens with one attached hydrogen (secondary N) is 2. The smallest absolute Gasteiger partial charge is 0.407 e. The van der Waals surface area contributed by atoms with E-state index in [2.05, 4.69) is 34.9 Å². The number of aliphatic carboxylic acids is 1. The van der Waals surface area contributed by atoms with Crippen molar-refractivity contribution in [2.75, 3.05) is 6.61 Å². The Balaban J connectivity index is 1.33. The summed E-state index contributed by atoms with van der Waals surface area (Å²) in [5, 5.41) is 14.6. The summed E-state index contributed by atoms with van der Waals surface area (Å²) in [6.45, 7) is 1.93. The molecule has 0 saturated heterocycles. The summed E-state index contributed by atoms with van der Waals surface area (Å²) in [7, 11) is 0. The molecule has 2 aliphatic rings. The molecule has 0 unspecified atom stereocenters. The van der Waals surface area contributed by atoms with Crippen LogP contribution in [0.3, 0.4) is 0 Å². The lowest BCUT2D eigenvalue weighted by molar-refractivity contribution is -0.137. The van der Waals surface area contributed by atoms with E-state index in [4.69, 9.17) is 9.84 Å². The van der Waals surface area contributed by atoms with Gasteiger partial charge in [0.05, 0.1) is 6.42 Å². The summed E-state index contributed by atoms with van der Waals surface area (Å²) in [6, 6.07) is 15.9. The Morgan fingerprint density at radius 2 is 1.62 bits per heavy atom. The summed E-state index contributed by atoms with van der Waals surface area (Å²) in [5.41, 5.74) is 4.70. The molecule has 2 amide bonds. The van der Waals surface area contributed by atoms with E-state index in [1.165, 1.54) is 22.3 Å². The van der Waals surface area contributed by atoms with Crippen LogP contribution in [0.5, 0.6) is 0 Å². The first-order chi connectivity index (χ1) is 16.4. The first kappa shape index (κ1) is 23.8. The lowest BCUT2D eigenvalue weighted by Gasteiger charge is -2.32. The van der Waals surface area contributed by atoms with Crippen molar-refractivity contribution in [2.45, 2.75) is 63.5 Å². The van der Waals surface area contributed by atoms with E-state index in [0.717, 1.165) is 25.7 Å². The minimum atomic E-state index is -0.944. The molecule has 2 aromatic carbocycles. The molecule has 2 aromatic rings. The van der Waals surface area contributed by atoms with Crippen LogP contribution in [0.25, 0.3) is 11.1 Å². The average molecular weight is 465 g/mol. The summed E-state index contributed by atoms with van der Waals surface area (Å²) >= 11 is 0. The van der Waals surface area contributed by atoms with E-state index in [1.54, 1.807) is 6.92 Å². The number of ether oxygens (including phenoxy) is 1. The van der Waals surface area contributed by atoms with Crippen LogP contribution in [-0.4, -0.2) is 41.8 Å². The number of carboxylic acid groups (broad SMARTS) is 1. The third-order valence-corrected chi connectivity index (χ3v) is 6.89. The molecule has 7 heteroatoms. The molecule has 1 fully saturated rings. The number of amides is 2. The van der Waals surface area contributed by atoms with Gasteiger partial charge in [-0.15, -0.1) is 0 Å². The highest BCUT2D eigenvalue weighted by Gasteiger charge is 2.31. The Morgan fingerprint density at radius 1 is 1.00 bits per heavy atom. The maximum absolute atomic E-state index is 12.7. The Hall–Kier alpha value is -3.35. The summed E-state index contributed by atoms with van der Waals surface area (Å²) in [6.07, 6.45) is 3.32. The van der Waals surface area contributed by atoms with Crippen LogP contribution >= 0.6 is 0 Å². The van der Waals surface area contributed by atoms with E-state index < -0.39 is 18.1 Å². The highest BCUT2D eigenvalue weighted by atomic mass is 16.5. The van der Waals surface area contributed by atoms with Gasteiger partial charge in [0, 0.05) is 24.4 Å². The van der Waals surface area contributed by atoms with Crippen LogP contribution in [-0.2, 0) is 14.3 Å². The molecule has 3 N–H and O–H groups in total. The van der Waals surface area contributed by atoms with Gasteiger partial charge in [0.15, 0.2) is 0 Å². The van der Waals surface area contributed by atoms with Gasteiger partial charge in [-0.2, -0.15) is 0 Å². The maximum Gasteiger partial charge on any atom is 0.407 e.